The Morgan fingerprint density at radius 2 is 1.75 bits per heavy atom. The number of hydrogen-bond donors (Lipinski definition) is 2. The average molecular weight is 170 g/mol. The van der Waals surface area contributed by atoms with Gasteiger partial charge in [0.1, 0.15) is 0 Å². The van der Waals surface area contributed by atoms with Gasteiger partial charge in [0, 0.05) is 18.3 Å². The highest BCUT2D eigenvalue weighted by molar-refractivity contribution is 4.56. The average Bonchev–Trinajstić information content (AvgIpc) is 2.36. The number of aromatic nitrogens is 3. The summed E-state index contributed by atoms with van der Waals surface area (Å²) in [5.41, 5.74) is 0. The number of nitrogens with zero attached hydrogens (tertiary/aromatic N) is 2. The Balaban J connectivity index is 0.000000211. The molecule has 0 aliphatic carbocycles. The molecule has 0 atom stereocenters. The molecule has 0 fully saturated rings. The van der Waals surface area contributed by atoms with Crippen LogP contribution in [0.1, 0.15) is 27.7 Å². The van der Waals surface area contributed by atoms with E-state index in [1.165, 1.54) is 0 Å². The summed E-state index contributed by atoms with van der Waals surface area (Å²) in [5, 5.41) is 12.6. The van der Waals surface area contributed by atoms with Crippen molar-refractivity contribution in [3.63, 3.8) is 0 Å². The van der Waals surface area contributed by atoms with E-state index in [-0.39, 0.29) is 0 Å². The zero-order valence-corrected chi connectivity index (χ0v) is 8.20. The van der Waals surface area contributed by atoms with Crippen LogP contribution in [0, 0.1) is 0 Å². The largest absolute Gasteiger partial charge is 0.312 e. The first-order valence-corrected chi connectivity index (χ1v) is 4.19. The van der Waals surface area contributed by atoms with Gasteiger partial charge in [0.25, 0.3) is 0 Å². The van der Waals surface area contributed by atoms with Gasteiger partial charge in [-0.25, -0.2) is 0 Å². The Labute approximate surface area is 73.8 Å². The second-order valence-electron chi connectivity index (χ2n) is 3.14. The van der Waals surface area contributed by atoms with E-state index in [1.807, 2.05) is 0 Å². The summed E-state index contributed by atoms with van der Waals surface area (Å²) < 4.78 is 0. The normalized spacial score (nSPS) is 9.83. The molecule has 1 aromatic rings. The number of hydrogen-bond acceptors (Lipinski definition) is 3. The molecule has 4 nitrogen and oxygen atoms in total. The fourth-order valence-electron chi connectivity index (χ4n) is 0.833. The molecule has 1 aromatic heterocycles. The van der Waals surface area contributed by atoms with Crippen molar-refractivity contribution in [3.8, 4) is 0 Å². The van der Waals surface area contributed by atoms with Gasteiger partial charge in [-0.3, -0.25) is 5.10 Å². The molecule has 4 heteroatoms. The van der Waals surface area contributed by atoms with Crippen LogP contribution >= 0.6 is 0 Å². The molecule has 0 spiro atoms. The molecule has 0 bridgehead atoms. The van der Waals surface area contributed by atoms with E-state index in [0.29, 0.717) is 12.1 Å². The van der Waals surface area contributed by atoms with E-state index in [1.54, 1.807) is 12.4 Å². The summed E-state index contributed by atoms with van der Waals surface area (Å²) in [4.78, 5) is 0. The van der Waals surface area contributed by atoms with Crippen molar-refractivity contribution in [3.05, 3.63) is 12.4 Å². The van der Waals surface area contributed by atoms with Crippen molar-refractivity contribution in [1.29, 1.82) is 0 Å². The SMILES string of the molecule is CC(C)NC(C)C.c1c[nH]nn1. The van der Waals surface area contributed by atoms with E-state index in [9.17, 15) is 0 Å². The Kier molecular flexibility index (Phi) is 6.28. The second kappa shape index (κ2) is 6.79. The first kappa shape index (κ1) is 11.1. The maximum Gasteiger partial charge on any atom is 0.0690 e. The maximum absolute atomic E-state index is 3.42. The zero-order chi connectivity index (χ0) is 9.40. The molecule has 0 unspecified atom stereocenters. The van der Waals surface area contributed by atoms with Crippen LogP contribution in [0.3, 0.4) is 0 Å². The summed E-state index contributed by atoms with van der Waals surface area (Å²) in [7, 11) is 0. The van der Waals surface area contributed by atoms with Gasteiger partial charge in [-0.15, -0.1) is 5.10 Å². The molecule has 2 N–H and O–H groups in total. The topological polar surface area (TPSA) is 53.6 Å². The lowest BCUT2D eigenvalue weighted by atomic mass is 10.3. The minimum Gasteiger partial charge on any atom is -0.312 e. The number of H-pyrrole nitrogens is 1. The molecule has 0 amide bonds. The van der Waals surface area contributed by atoms with Crippen LogP contribution in [-0.4, -0.2) is 27.5 Å². The van der Waals surface area contributed by atoms with Crippen LogP contribution in [0.5, 0.6) is 0 Å². The predicted molar refractivity (Wildman–Crippen MR) is 49.8 cm³/mol. The first-order chi connectivity index (χ1) is 5.63. The standard InChI is InChI=1S/C6H15N.C2H3N3/c1-5(2)7-6(3)4;1-2-4-5-3-1/h5-7H,1-4H3;1-2H,(H,3,4,5). The van der Waals surface area contributed by atoms with Crippen molar-refractivity contribution in [2.75, 3.05) is 0 Å². The van der Waals surface area contributed by atoms with Gasteiger partial charge >= 0.3 is 0 Å². The predicted octanol–water partition coefficient (Wildman–Crippen LogP) is 1.20. The van der Waals surface area contributed by atoms with Crippen LogP contribution in [0.4, 0.5) is 0 Å². The van der Waals surface area contributed by atoms with Gasteiger partial charge in [-0.1, -0.05) is 32.9 Å². The maximum atomic E-state index is 3.42. The molecular formula is C8H18N4. The van der Waals surface area contributed by atoms with Crippen molar-refractivity contribution in [2.45, 2.75) is 39.8 Å². The highest BCUT2D eigenvalue weighted by Gasteiger charge is 1.92. The third kappa shape index (κ3) is 9.10. The van der Waals surface area contributed by atoms with E-state index < -0.39 is 0 Å². The van der Waals surface area contributed by atoms with Gasteiger partial charge < -0.3 is 5.32 Å². The molecule has 0 radical (unpaired) electrons. The molecule has 70 valence electrons. The minimum absolute atomic E-state index is 0.625. The first-order valence-electron chi connectivity index (χ1n) is 4.19. The molecule has 1 rings (SSSR count). The Bertz CT molecular complexity index is 134. The lowest BCUT2D eigenvalue weighted by Crippen LogP contribution is -2.29. The second-order valence-corrected chi connectivity index (χ2v) is 3.14. The van der Waals surface area contributed by atoms with Gasteiger partial charge in [-0.05, 0) is 0 Å². The quantitative estimate of drug-likeness (QED) is 0.701. The van der Waals surface area contributed by atoms with Gasteiger partial charge in [0.05, 0.1) is 6.20 Å². The van der Waals surface area contributed by atoms with Gasteiger partial charge in [0.15, 0.2) is 0 Å². The molecular weight excluding hydrogens is 152 g/mol. The Morgan fingerprint density at radius 1 is 1.17 bits per heavy atom. The van der Waals surface area contributed by atoms with E-state index in [4.69, 9.17) is 0 Å². The van der Waals surface area contributed by atoms with Crippen molar-refractivity contribution in [2.24, 2.45) is 0 Å². The lowest BCUT2D eigenvalue weighted by molar-refractivity contribution is 0.518. The molecule has 12 heavy (non-hydrogen) atoms. The van der Waals surface area contributed by atoms with Crippen molar-refractivity contribution in [1.82, 2.24) is 20.7 Å². The van der Waals surface area contributed by atoms with Gasteiger partial charge in [0.2, 0.25) is 0 Å². The number of nitrogens with one attached hydrogen (secondary N) is 2. The third-order valence-corrected chi connectivity index (χ3v) is 0.998. The fraction of sp³-hybridized carbons (Fsp3) is 0.750. The fourth-order valence-corrected chi connectivity index (χ4v) is 0.833. The summed E-state index contributed by atoms with van der Waals surface area (Å²) in [6.07, 6.45) is 3.24. The van der Waals surface area contributed by atoms with Crippen LogP contribution < -0.4 is 5.32 Å². The monoisotopic (exact) mass is 170 g/mol. The Morgan fingerprint density at radius 3 is 1.83 bits per heavy atom. The summed E-state index contributed by atoms with van der Waals surface area (Å²) in [6, 6.07) is 1.25. The smallest absolute Gasteiger partial charge is 0.0690 e. The number of aromatic amines is 1. The molecule has 0 saturated carbocycles. The van der Waals surface area contributed by atoms with Crippen molar-refractivity contribution < 1.29 is 0 Å². The van der Waals surface area contributed by atoms with Crippen LogP contribution in [0.25, 0.3) is 0 Å². The van der Waals surface area contributed by atoms with E-state index in [0.717, 1.165) is 0 Å². The van der Waals surface area contributed by atoms with E-state index in [2.05, 4.69) is 48.4 Å². The number of rotatable bonds is 2. The highest BCUT2D eigenvalue weighted by atomic mass is 15.3. The van der Waals surface area contributed by atoms with Crippen LogP contribution in [0.2, 0.25) is 0 Å². The molecule has 0 aromatic carbocycles. The highest BCUT2D eigenvalue weighted by Crippen LogP contribution is 1.80. The van der Waals surface area contributed by atoms with Crippen molar-refractivity contribution >= 4 is 0 Å². The summed E-state index contributed by atoms with van der Waals surface area (Å²) in [6.45, 7) is 8.61. The van der Waals surface area contributed by atoms with E-state index >= 15 is 0 Å². The van der Waals surface area contributed by atoms with Crippen LogP contribution in [-0.2, 0) is 0 Å². The summed E-state index contributed by atoms with van der Waals surface area (Å²) in [5.74, 6) is 0. The molecule has 0 saturated heterocycles. The third-order valence-electron chi connectivity index (χ3n) is 0.998. The summed E-state index contributed by atoms with van der Waals surface area (Å²) >= 11 is 0. The molecule has 0 aliphatic heterocycles. The lowest BCUT2D eigenvalue weighted by Gasteiger charge is -2.10. The van der Waals surface area contributed by atoms with Crippen LogP contribution in [0.15, 0.2) is 12.4 Å². The molecule has 0 aliphatic rings. The van der Waals surface area contributed by atoms with Gasteiger partial charge in [-0.2, -0.15) is 0 Å². The molecule has 1 heterocycles. The Hall–Kier alpha value is -0.900. The minimum atomic E-state index is 0.625. The zero-order valence-electron chi connectivity index (χ0n) is 8.20.